The lowest BCUT2D eigenvalue weighted by Crippen LogP contribution is -2.28. The zero-order valence-corrected chi connectivity index (χ0v) is 9.12. The number of alkyl halides is 1. The van der Waals surface area contributed by atoms with E-state index in [-0.39, 0.29) is 31.5 Å². The first-order chi connectivity index (χ1) is 5.36. The molecule has 5 heteroatoms. The van der Waals surface area contributed by atoms with E-state index in [1.807, 2.05) is 0 Å². The molecular formula is C8H17Cl2FN2. The molecule has 0 spiro atoms. The minimum atomic E-state index is -0.202. The van der Waals surface area contributed by atoms with Crippen molar-refractivity contribution in [2.45, 2.75) is 0 Å². The first-order valence-corrected chi connectivity index (χ1v) is 4.35. The van der Waals surface area contributed by atoms with Gasteiger partial charge < -0.3 is 10.6 Å². The fourth-order valence-corrected chi connectivity index (χ4v) is 2.39. The van der Waals surface area contributed by atoms with E-state index in [9.17, 15) is 4.39 Å². The first kappa shape index (κ1) is 13.4. The largest absolute Gasteiger partial charge is 0.330 e. The number of fused-ring (bicyclic) bond motifs is 1. The Hall–Kier alpha value is 0.430. The van der Waals surface area contributed by atoms with Crippen LogP contribution in [0.25, 0.3) is 0 Å². The lowest BCUT2D eigenvalue weighted by atomic mass is 10.2. The van der Waals surface area contributed by atoms with E-state index in [0.717, 1.165) is 37.4 Å². The molecule has 0 bridgehead atoms. The molecule has 0 amide bonds. The molecule has 2 rings (SSSR count). The molecule has 1 aliphatic carbocycles. The molecule has 1 unspecified atom stereocenters. The summed E-state index contributed by atoms with van der Waals surface area (Å²) in [6.07, 6.45) is 0. The van der Waals surface area contributed by atoms with Crippen molar-refractivity contribution < 1.29 is 4.39 Å². The molecule has 2 fully saturated rings. The predicted octanol–water partition coefficient (Wildman–Crippen LogP) is 0.936. The van der Waals surface area contributed by atoms with E-state index in [0.29, 0.717) is 6.54 Å². The quantitative estimate of drug-likeness (QED) is 0.783. The second kappa shape index (κ2) is 5.35. The zero-order chi connectivity index (χ0) is 7.84. The normalized spacial score (nSPS) is 36.0. The molecule has 13 heavy (non-hydrogen) atoms. The van der Waals surface area contributed by atoms with E-state index >= 15 is 0 Å². The summed E-state index contributed by atoms with van der Waals surface area (Å²) in [5, 5.41) is 0. The topological polar surface area (TPSA) is 29.3 Å². The number of hydrogen-bond donors (Lipinski definition) is 1. The maximum absolute atomic E-state index is 11.9. The van der Waals surface area contributed by atoms with Gasteiger partial charge in [-0.3, -0.25) is 0 Å². The molecule has 1 aliphatic heterocycles. The molecule has 0 radical (unpaired) electrons. The number of hydrogen-bond acceptors (Lipinski definition) is 2. The van der Waals surface area contributed by atoms with Crippen LogP contribution in [0.5, 0.6) is 0 Å². The molecule has 80 valence electrons. The van der Waals surface area contributed by atoms with Crippen LogP contribution in [0.15, 0.2) is 0 Å². The number of piperidine rings is 1. The van der Waals surface area contributed by atoms with Crippen molar-refractivity contribution in [2.24, 2.45) is 23.5 Å². The second-order valence-corrected chi connectivity index (χ2v) is 3.68. The van der Waals surface area contributed by atoms with Gasteiger partial charge in [0.2, 0.25) is 0 Å². The molecule has 2 aliphatic rings. The van der Waals surface area contributed by atoms with Crippen molar-refractivity contribution in [1.29, 1.82) is 0 Å². The van der Waals surface area contributed by atoms with E-state index in [4.69, 9.17) is 5.73 Å². The Morgan fingerprint density at radius 3 is 2.15 bits per heavy atom. The monoisotopic (exact) mass is 230 g/mol. The van der Waals surface area contributed by atoms with Crippen LogP contribution in [0, 0.1) is 17.8 Å². The van der Waals surface area contributed by atoms with Crippen molar-refractivity contribution in [3.63, 3.8) is 0 Å². The van der Waals surface area contributed by atoms with Crippen LogP contribution in [-0.2, 0) is 0 Å². The third-order valence-electron chi connectivity index (χ3n) is 3.12. The summed E-state index contributed by atoms with van der Waals surface area (Å²) in [6, 6.07) is 0. The average Bonchev–Trinajstić information content (AvgIpc) is 2.47. The molecule has 0 aromatic carbocycles. The Morgan fingerprint density at radius 1 is 1.23 bits per heavy atom. The lowest BCUT2D eigenvalue weighted by Gasteiger charge is -2.16. The fourth-order valence-electron chi connectivity index (χ4n) is 2.39. The maximum Gasteiger partial charge on any atom is 0.102 e. The molecule has 3 atom stereocenters. The fraction of sp³-hybridized carbons (Fsp3) is 1.00. The molecule has 1 heterocycles. The van der Waals surface area contributed by atoms with E-state index in [2.05, 4.69) is 4.90 Å². The van der Waals surface area contributed by atoms with E-state index in [1.165, 1.54) is 0 Å². The van der Waals surface area contributed by atoms with Gasteiger partial charge in [-0.25, -0.2) is 4.39 Å². The molecule has 2 nitrogen and oxygen atoms in total. The van der Waals surface area contributed by atoms with Gasteiger partial charge in [0.05, 0.1) is 0 Å². The molecular weight excluding hydrogens is 214 g/mol. The summed E-state index contributed by atoms with van der Waals surface area (Å²) in [5.74, 6) is 2.39. The van der Waals surface area contributed by atoms with Gasteiger partial charge in [-0.05, 0) is 24.3 Å². The summed E-state index contributed by atoms with van der Waals surface area (Å²) in [7, 11) is 0. The van der Waals surface area contributed by atoms with Gasteiger partial charge in [-0.1, -0.05) is 0 Å². The Labute approximate surface area is 90.9 Å². The number of nitrogens with two attached hydrogens (primary N) is 1. The molecule has 0 aromatic heterocycles. The predicted molar refractivity (Wildman–Crippen MR) is 56.4 cm³/mol. The summed E-state index contributed by atoms with van der Waals surface area (Å²) < 4.78 is 11.9. The van der Waals surface area contributed by atoms with E-state index < -0.39 is 0 Å². The Kier molecular flexibility index (Phi) is 5.52. The second-order valence-electron chi connectivity index (χ2n) is 3.68. The Balaban J connectivity index is 0.000000720. The van der Waals surface area contributed by atoms with Crippen molar-refractivity contribution in [2.75, 3.05) is 32.9 Å². The number of halogens is 3. The highest BCUT2D eigenvalue weighted by atomic mass is 35.5. The van der Waals surface area contributed by atoms with Gasteiger partial charge in [-0.2, -0.15) is 0 Å². The van der Waals surface area contributed by atoms with Gasteiger partial charge in [-0.15, -0.1) is 24.8 Å². The minimum absolute atomic E-state index is 0. The molecule has 0 aromatic rings. The highest BCUT2D eigenvalue weighted by Gasteiger charge is 2.54. The van der Waals surface area contributed by atoms with Gasteiger partial charge >= 0.3 is 0 Å². The van der Waals surface area contributed by atoms with Crippen LogP contribution < -0.4 is 5.73 Å². The van der Waals surface area contributed by atoms with Crippen molar-refractivity contribution in [3.05, 3.63) is 0 Å². The van der Waals surface area contributed by atoms with Gasteiger partial charge in [0, 0.05) is 19.6 Å². The average molecular weight is 231 g/mol. The third-order valence-corrected chi connectivity index (χ3v) is 3.12. The highest BCUT2D eigenvalue weighted by molar-refractivity contribution is 5.85. The summed E-state index contributed by atoms with van der Waals surface area (Å²) in [4.78, 5) is 2.21. The third kappa shape index (κ3) is 2.46. The first-order valence-electron chi connectivity index (χ1n) is 4.35. The summed E-state index contributed by atoms with van der Waals surface area (Å²) in [6.45, 7) is 3.45. The molecule has 1 saturated carbocycles. The molecule has 1 saturated heterocycles. The van der Waals surface area contributed by atoms with Crippen LogP contribution in [-0.4, -0.2) is 37.8 Å². The maximum atomic E-state index is 11.9. The highest BCUT2D eigenvalue weighted by Crippen LogP contribution is 2.50. The van der Waals surface area contributed by atoms with Crippen molar-refractivity contribution in [3.8, 4) is 0 Å². The number of rotatable bonds is 3. The van der Waals surface area contributed by atoms with E-state index in [1.54, 1.807) is 0 Å². The minimum Gasteiger partial charge on any atom is -0.330 e. The smallest absolute Gasteiger partial charge is 0.102 e. The Bertz CT molecular complexity index is 147. The van der Waals surface area contributed by atoms with Gasteiger partial charge in [0.25, 0.3) is 0 Å². The number of likely N-dealkylation sites (tertiary alicyclic amines) is 1. The molecule has 2 N–H and O–H groups in total. The van der Waals surface area contributed by atoms with Crippen LogP contribution in [0.2, 0.25) is 0 Å². The lowest BCUT2D eigenvalue weighted by molar-refractivity contribution is 0.259. The van der Waals surface area contributed by atoms with Gasteiger partial charge in [0.1, 0.15) is 6.67 Å². The number of nitrogens with zero attached hydrogens (tertiary/aromatic N) is 1. The van der Waals surface area contributed by atoms with Crippen LogP contribution >= 0.6 is 24.8 Å². The van der Waals surface area contributed by atoms with Crippen molar-refractivity contribution >= 4 is 24.8 Å². The van der Waals surface area contributed by atoms with Gasteiger partial charge in [0.15, 0.2) is 0 Å². The van der Waals surface area contributed by atoms with Crippen LogP contribution in [0.3, 0.4) is 0 Å². The standard InChI is InChI=1S/C8H15FN2.2ClH/c9-1-2-11-4-7-6(3-10)8(7)5-11;;/h6-8H,1-5,10H2;2*1H/t6?,7-,8+;;. The van der Waals surface area contributed by atoms with Crippen molar-refractivity contribution in [1.82, 2.24) is 4.90 Å². The summed E-state index contributed by atoms with van der Waals surface area (Å²) >= 11 is 0. The SMILES string of the molecule is Cl.Cl.NCC1[C@H]2CN(CCF)C[C@@H]12. The Morgan fingerprint density at radius 2 is 1.77 bits per heavy atom. The summed E-state index contributed by atoms with van der Waals surface area (Å²) in [5.41, 5.74) is 5.55. The van der Waals surface area contributed by atoms with Crippen LogP contribution in [0.4, 0.5) is 4.39 Å². The zero-order valence-electron chi connectivity index (χ0n) is 7.49. The van der Waals surface area contributed by atoms with Crippen LogP contribution in [0.1, 0.15) is 0 Å².